The van der Waals surface area contributed by atoms with Crippen molar-refractivity contribution in [3.63, 3.8) is 0 Å². The standard InChI is InChI=1S/C14H16Cl2FNO/c1-18(12-8-3-2-5-9(12)15)14(19)13-10(16)6-4-7-11(13)17/h4,6-7,9,12H,2-3,5,8H2,1H3. The van der Waals surface area contributed by atoms with Crippen LogP contribution in [0, 0.1) is 5.82 Å². The number of halogens is 3. The summed E-state index contributed by atoms with van der Waals surface area (Å²) in [5.74, 6) is -0.994. The number of amides is 1. The number of hydrogen-bond donors (Lipinski definition) is 0. The zero-order valence-electron chi connectivity index (χ0n) is 10.7. The van der Waals surface area contributed by atoms with Gasteiger partial charge in [0.1, 0.15) is 5.82 Å². The second-order valence-corrected chi connectivity index (χ2v) is 5.85. The Kier molecular flexibility index (Phi) is 4.69. The van der Waals surface area contributed by atoms with Gasteiger partial charge in [-0.25, -0.2) is 4.39 Å². The van der Waals surface area contributed by atoms with Crippen LogP contribution in [0.25, 0.3) is 0 Å². The fourth-order valence-electron chi connectivity index (χ4n) is 2.53. The van der Waals surface area contributed by atoms with E-state index in [1.54, 1.807) is 7.05 Å². The zero-order valence-corrected chi connectivity index (χ0v) is 12.2. The van der Waals surface area contributed by atoms with Crippen molar-refractivity contribution >= 4 is 29.1 Å². The van der Waals surface area contributed by atoms with Crippen molar-refractivity contribution in [2.75, 3.05) is 7.05 Å². The van der Waals surface area contributed by atoms with Gasteiger partial charge in [0.25, 0.3) is 5.91 Å². The number of carbonyl (C=O) groups excluding carboxylic acids is 1. The monoisotopic (exact) mass is 303 g/mol. The molecular formula is C14H16Cl2FNO. The first-order valence-corrected chi connectivity index (χ1v) is 7.19. The van der Waals surface area contributed by atoms with Crippen LogP contribution in [-0.4, -0.2) is 29.3 Å². The highest BCUT2D eigenvalue weighted by Crippen LogP contribution is 2.29. The molecule has 1 aromatic rings. The van der Waals surface area contributed by atoms with Gasteiger partial charge in [-0.1, -0.05) is 30.5 Å². The summed E-state index contributed by atoms with van der Waals surface area (Å²) in [5.41, 5.74) is -0.0684. The number of nitrogens with zero attached hydrogens (tertiary/aromatic N) is 1. The van der Waals surface area contributed by atoms with Crippen LogP contribution in [-0.2, 0) is 0 Å². The maximum absolute atomic E-state index is 13.8. The van der Waals surface area contributed by atoms with E-state index in [1.807, 2.05) is 0 Å². The van der Waals surface area contributed by atoms with E-state index < -0.39 is 11.7 Å². The molecule has 0 spiro atoms. The molecule has 0 aromatic heterocycles. The van der Waals surface area contributed by atoms with Crippen molar-refractivity contribution in [2.45, 2.75) is 37.1 Å². The van der Waals surface area contributed by atoms with Crippen molar-refractivity contribution in [2.24, 2.45) is 0 Å². The van der Waals surface area contributed by atoms with Crippen molar-refractivity contribution in [3.8, 4) is 0 Å². The minimum atomic E-state index is -0.591. The van der Waals surface area contributed by atoms with Crippen LogP contribution in [0.4, 0.5) is 4.39 Å². The summed E-state index contributed by atoms with van der Waals surface area (Å²) in [4.78, 5) is 13.9. The minimum absolute atomic E-state index is 0.0569. The first-order valence-electron chi connectivity index (χ1n) is 6.37. The van der Waals surface area contributed by atoms with Gasteiger partial charge in [0.05, 0.1) is 16.0 Å². The molecule has 0 aliphatic heterocycles. The van der Waals surface area contributed by atoms with Gasteiger partial charge in [0, 0.05) is 13.1 Å². The average Bonchev–Trinajstić information content (AvgIpc) is 2.38. The number of benzene rings is 1. The number of hydrogen-bond acceptors (Lipinski definition) is 1. The van der Waals surface area contributed by atoms with Gasteiger partial charge in [-0.15, -0.1) is 11.6 Å². The van der Waals surface area contributed by atoms with Gasteiger partial charge in [0.2, 0.25) is 0 Å². The zero-order chi connectivity index (χ0) is 14.0. The molecule has 19 heavy (non-hydrogen) atoms. The molecule has 0 bridgehead atoms. The van der Waals surface area contributed by atoms with E-state index in [-0.39, 0.29) is 22.0 Å². The molecule has 5 heteroatoms. The highest BCUT2D eigenvalue weighted by atomic mass is 35.5. The largest absolute Gasteiger partial charge is 0.337 e. The maximum atomic E-state index is 13.8. The van der Waals surface area contributed by atoms with E-state index in [0.717, 1.165) is 25.7 Å². The summed E-state index contributed by atoms with van der Waals surface area (Å²) in [6.07, 6.45) is 3.85. The number of alkyl halides is 1. The lowest BCUT2D eigenvalue weighted by Gasteiger charge is -2.35. The van der Waals surface area contributed by atoms with E-state index in [2.05, 4.69) is 0 Å². The van der Waals surface area contributed by atoms with Gasteiger partial charge in [-0.05, 0) is 25.0 Å². The molecule has 1 aromatic carbocycles. The van der Waals surface area contributed by atoms with Gasteiger partial charge in [-0.3, -0.25) is 4.79 Å². The van der Waals surface area contributed by atoms with Crippen LogP contribution in [0.3, 0.4) is 0 Å². The quantitative estimate of drug-likeness (QED) is 0.753. The molecule has 1 amide bonds. The van der Waals surface area contributed by atoms with Crippen LogP contribution in [0.1, 0.15) is 36.0 Å². The Morgan fingerprint density at radius 3 is 2.68 bits per heavy atom. The molecule has 104 valence electrons. The van der Waals surface area contributed by atoms with Crippen molar-refractivity contribution in [3.05, 3.63) is 34.6 Å². The SMILES string of the molecule is CN(C(=O)c1c(F)cccc1Cl)C1CCCCC1Cl. The predicted octanol–water partition coefficient (Wildman–Crippen LogP) is 4.10. The minimum Gasteiger partial charge on any atom is -0.337 e. The molecule has 0 radical (unpaired) electrons. The van der Waals surface area contributed by atoms with Crippen LogP contribution in [0.5, 0.6) is 0 Å². The van der Waals surface area contributed by atoms with Gasteiger partial charge in [-0.2, -0.15) is 0 Å². The first-order chi connectivity index (χ1) is 9.02. The summed E-state index contributed by atoms with van der Waals surface area (Å²) >= 11 is 12.2. The van der Waals surface area contributed by atoms with E-state index in [1.165, 1.54) is 23.1 Å². The van der Waals surface area contributed by atoms with Crippen molar-refractivity contribution in [1.82, 2.24) is 4.90 Å². The second kappa shape index (κ2) is 6.10. The molecule has 2 rings (SSSR count). The number of rotatable bonds is 2. The average molecular weight is 304 g/mol. The molecule has 1 fully saturated rings. The molecule has 1 saturated carbocycles. The van der Waals surface area contributed by atoms with Crippen LogP contribution in [0.15, 0.2) is 18.2 Å². The Balaban J connectivity index is 2.23. The fraction of sp³-hybridized carbons (Fsp3) is 0.500. The third-order valence-corrected chi connectivity index (χ3v) is 4.47. The highest BCUT2D eigenvalue weighted by Gasteiger charge is 2.31. The molecule has 2 nitrogen and oxygen atoms in total. The lowest BCUT2D eigenvalue weighted by molar-refractivity contribution is 0.0696. The third-order valence-electron chi connectivity index (χ3n) is 3.64. The molecule has 2 atom stereocenters. The Morgan fingerprint density at radius 1 is 1.37 bits per heavy atom. The lowest BCUT2D eigenvalue weighted by atomic mass is 9.93. The van der Waals surface area contributed by atoms with Gasteiger partial charge >= 0.3 is 0 Å². The van der Waals surface area contributed by atoms with Crippen molar-refractivity contribution in [1.29, 1.82) is 0 Å². The lowest BCUT2D eigenvalue weighted by Crippen LogP contribution is -2.44. The van der Waals surface area contributed by atoms with Crippen molar-refractivity contribution < 1.29 is 9.18 Å². The second-order valence-electron chi connectivity index (χ2n) is 4.88. The summed E-state index contributed by atoms with van der Waals surface area (Å²) in [7, 11) is 1.66. The molecule has 0 saturated heterocycles. The Labute approximate surface area is 122 Å². The fourth-order valence-corrected chi connectivity index (χ4v) is 3.22. The third kappa shape index (κ3) is 3.03. The molecule has 1 aliphatic rings. The summed E-state index contributed by atoms with van der Waals surface area (Å²) in [5, 5.41) is 0.0621. The van der Waals surface area contributed by atoms with Crippen LogP contribution >= 0.6 is 23.2 Å². The summed E-state index contributed by atoms with van der Waals surface area (Å²) < 4.78 is 13.8. The van der Waals surface area contributed by atoms with Gasteiger partial charge in [0.15, 0.2) is 0 Å². The van der Waals surface area contributed by atoms with E-state index in [9.17, 15) is 9.18 Å². The molecule has 2 unspecified atom stereocenters. The normalized spacial score (nSPS) is 23.2. The Morgan fingerprint density at radius 2 is 2.05 bits per heavy atom. The first kappa shape index (κ1) is 14.6. The summed E-state index contributed by atoms with van der Waals surface area (Å²) in [6, 6.07) is 4.19. The Bertz CT molecular complexity index is 460. The Hall–Kier alpha value is -0.800. The predicted molar refractivity (Wildman–Crippen MR) is 75.4 cm³/mol. The van der Waals surface area contributed by atoms with Gasteiger partial charge < -0.3 is 4.90 Å². The molecular weight excluding hydrogens is 288 g/mol. The smallest absolute Gasteiger partial charge is 0.258 e. The highest BCUT2D eigenvalue weighted by molar-refractivity contribution is 6.33. The molecule has 1 aliphatic carbocycles. The van der Waals surface area contributed by atoms with Crippen LogP contribution in [0.2, 0.25) is 5.02 Å². The topological polar surface area (TPSA) is 20.3 Å². The summed E-state index contributed by atoms with van der Waals surface area (Å²) in [6.45, 7) is 0. The number of carbonyl (C=O) groups is 1. The molecule has 0 heterocycles. The molecule has 0 N–H and O–H groups in total. The maximum Gasteiger partial charge on any atom is 0.258 e. The van der Waals surface area contributed by atoms with E-state index in [0.29, 0.717) is 0 Å². The van der Waals surface area contributed by atoms with Crippen LogP contribution < -0.4 is 0 Å². The van der Waals surface area contributed by atoms with E-state index >= 15 is 0 Å². The van der Waals surface area contributed by atoms with E-state index in [4.69, 9.17) is 23.2 Å².